The van der Waals surface area contributed by atoms with Gasteiger partial charge in [0.05, 0.1) is 11.8 Å². The summed E-state index contributed by atoms with van der Waals surface area (Å²) in [5.41, 5.74) is -1.27. The smallest absolute Gasteiger partial charge is 0.307 e. The van der Waals surface area contributed by atoms with Gasteiger partial charge in [-0.25, -0.2) is 0 Å². The second kappa shape index (κ2) is 80.4. The average molecular weight is 1420 g/mol. The summed E-state index contributed by atoms with van der Waals surface area (Å²) in [6.45, 7) is 6.35. The molecule has 0 aromatic rings. The Morgan fingerprint density at radius 3 is 0.554 bits per heavy atom. The summed E-state index contributed by atoms with van der Waals surface area (Å²) < 4.78 is 25.0. The minimum absolute atomic E-state index is 0.158. The first-order chi connectivity index (χ1) is 49.8. The average Bonchev–Trinajstić information content (AvgIpc) is 0.872. The van der Waals surface area contributed by atoms with Gasteiger partial charge in [-0.2, -0.15) is 0 Å². The van der Waals surface area contributed by atoms with Crippen molar-refractivity contribution in [2.45, 2.75) is 547 Å². The molecule has 1 aliphatic carbocycles. The number of hydrogen-bond acceptors (Lipinski definition) is 8. The molecule has 0 amide bonds. The molecular formula is C93H178O8. The summed E-state index contributed by atoms with van der Waals surface area (Å²) in [5.74, 6) is -1.34. The Hall–Kier alpha value is -2.12. The maximum absolute atomic E-state index is 14.6. The standard InChI is InChI=1S/C93H178O8/c1-4-7-10-13-16-19-22-25-28-31-34-41-46-51-56-61-66-71-76-81-89(94)98-85-93(86-99-90(95)82-77-72-67-62-57-52-47-42-35-32-29-26-23-20-17-14-11-8-5-2,87-100-91(96)83-78-73-68-63-58-53-48-43-36-33-30-27-24-21-18-15-12-9-6-3)84-92(97)101-88-79-74-69-64-59-54-49-44-39-37-38-40-45-50-55-60-65-70-75-80-88/h88H,4-87H2,1-3H3. The summed E-state index contributed by atoms with van der Waals surface area (Å²) >= 11 is 0. The first kappa shape index (κ1) is 96.9. The van der Waals surface area contributed by atoms with Crippen molar-refractivity contribution in [2.75, 3.05) is 19.8 Å². The van der Waals surface area contributed by atoms with Crippen LogP contribution in [0, 0.1) is 5.41 Å². The molecule has 1 aliphatic rings. The molecule has 8 nitrogen and oxygen atoms in total. The maximum atomic E-state index is 14.6. The molecule has 1 saturated carbocycles. The summed E-state index contributed by atoms with van der Waals surface area (Å²) in [7, 11) is 0. The van der Waals surface area contributed by atoms with Crippen LogP contribution in [-0.2, 0) is 38.1 Å². The van der Waals surface area contributed by atoms with E-state index in [1.54, 1.807) is 0 Å². The van der Waals surface area contributed by atoms with Crippen molar-refractivity contribution in [3.63, 3.8) is 0 Å². The van der Waals surface area contributed by atoms with Crippen LogP contribution in [0.25, 0.3) is 0 Å². The highest BCUT2D eigenvalue weighted by molar-refractivity contribution is 5.73. The van der Waals surface area contributed by atoms with E-state index in [1.807, 2.05) is 0 Å². The van der Waals surface area contributed by atoms with Gasteiger partial charge in [-0.1, -0.05) is 470 Å². The molecule has 0 spiro atoms. The van der Waals surface area contributed by atoms with Crippen LogP contribution in [0.2, 0.25) is 0 Å². The van der Waals surface area contributed by atoms with E-state index in [9.17, 15) is 19.2 Å². The van der Waals surface area contributed by atoms with Gasteiger partial charge in [-0.15, -0.1) is 0 Å². The quantitative estimate of drug-likeness (QED) is 0.0337. The zero-order valence-electron chi connectivity index (χ0n) is 68.7. The highest BCUT2D eigenvalue weighted by Crippen LogP contribution is 2.30. The molecule has 0 saturated heterocycles. The van der Waals surface area contributed by atoms with Gasteiger partial charge in [-0.3, -0.25) is 19.2 Å². The fourth-order valence-corrected chi connectivity index (χ4v) is 15.6. The Balaban J connectivity index is 2.99. The van der Waals surface area contributed by atoms with Crippen molar-refractivity contribution in [3.05, 3.63) is 0 Å². The fourth-order valence-electron chi connectivity index (χ4n) is 15.6. The van der Waals surface area contributed by atoms with Gasteiger partial charge in [0.15, 0.2) is 0 Å². The number of rotatable bonds is 69. The Kier molecular flexibility index (Phi) is 77.1. The lowest BCUT2D eigenvalue weighted by Crippen LogP contribution is -2.42. The molecular weight excluding hydrogens is 1250 g/mol. The fraction of sp³-hybridized carbons (Fsp3) is 0.957. The van der Waals surface area contributed by atoms with E-state index in [0.29, 0.717) is 19.3 Å². The first-order valence-corrected chi connectivity index (χ1v) is 46.5. The molecule has 1 fully saturated rings. The van der Waals surface area contributed by atoms with Crippen molar-refractivity contribution in [2.24, 2.45) is 5.41 Å². The second-order valence-electron chi connectivity index (χ2n) is 33.1. The van der Waals surface area contributed by atoms with E-state index in [-0.39, 0.29) is 56.2 Å². The van der Waals surface area contributed by atoms with Gasteiger partial charge < -0.3 is 18.9 Å². The van der Waals surface area contributed by atoms with E-state index in [1.165, 1.54) is 398 Å². The summed E-state index contributed by atoms with van der Waals surface area (Å²) in [6, 6.07) is 0. The van der Waals surface area contributed by atoms with Crippen LogP contribution >= 0.6 is 0 Å². The van der Waals surface area contributed by atoms with Gasteiger partial charge in [-0.05, 0) is 44.9 Å². The van der Waals surface area contributed by atoms with E-state index in [0.717, 1.165) is 96.3 Å². The Bertz CT molecular complexity index is 1530. The molecule has 0 heterocycles. The second-order valence-corrected chi connectivity index (χ2v) is 33.1. The normalized spacial score (nSPS) is 14.6. The molecule has 1 rings (SSSR count). The van der Waals surface area contributed by atoms with E-state index in [2.05, 4.69) is 20.8 Å². The van der Waals surface area contributed by atoms with Crippen LogP contribution < -0.4 is 0 Å². The molecule has 0 radical (unpaired) electrons. The molecule has 0 atom stereocenters. The Morgan fingerprint density at radius 1 is 0.218 bits per heavy atom. The number of carbonyl (C=O) groups excluding carboxylic acids is 4. The maximum Gasteiger partial charge on any atom is 0.307 e. The van der Waals surface area contributed by atoms with Crippen molar-refractivity contribution >= 4 is 23.9 Å². The number of esters is 4. The SMILES string of the molecule is CCCCCCCCCCCCCCCCCCCCCC(=O)OCC(COC(=O)CCCCCCCCCCCCCCCCCCCCC)(COC(=O)CCCCCCCCCCCCCCCCCCCCC)CC(=O)OC1CCCCCCCCCCCCCCCCCCCC1. The third-order valence-electron chi connectivity index (χ3n) is 22.7. The molecule has 101 heavy (non-hydrogen) atoms. The molecule has 0 aromatic carbocycles. The summed E-state index contributed by atoms with van der Waals surface area (Å²) in [5, 5.41) is 0. The van der Waals surface area contributed by atoms with Crippen LogP contribution in [0.15, 0.2) is 0 Å². The van der Waals surface area contributed by atoms with Crippen molar-refractivity contribution in [3.8, 4) is 0 Å². The van der Waals surface area contributed by atoms with Crippen LogP contribution in [-0.4, -0.2) is 49.8 Å². The highest BCUT2D eigenvalue weighted by Gasteiger charge is 2.40. The van der Waals surface area contributed by atoms with E-state index in [4.69, 9.17) is 18.9 Å². The summed E-state index contributed by atoms with van der Waals surface area (Å²) in [4.78, 5) is 55.9. The largest absolute Gasteiger partial charge is 0.465 e. The van der Waals surface area contributed by atoms with Gasteiger partial charge in [0.25, 0.3) is 0 Å². The van der Waals surface area contributed by atoms with Crippen molar-refractivity contribution in [1.29, 1.82) is 0 Å². The molecule has 0 bridgehead atoms. The lowest BCUT2D eigenvalue weighted by atomic mass is 9.86. The molecule has 0 N–H and O–H groups in total. The Labute approximate surface area is 630 Å². The zero-order chi connectivity index (χ0) is 72.6. The molecule has 0 aromatic heterocycles. The summed E-state index contributed by atoms with van der Waals surface area (Å²) in [6.07, 6.45) is 98.7. The van der Waals surface area contributed by atoms with Crippen LogP contribution in [0.1, 0.15) is 541 Å². The van der Waals surface area contributed by atoms with Crippen molar-refractivity contribution in [1.82, 2.24) is 0 Å². The highest BCUT2D eigenvalue weighted by atomic mass is 16.6. The van der Waals surface area contributed by atoms with Crippen molar-refractivity contribution < 1.29 is 38.1 Å². The van der Waals surface area contributed by atoms with Gasteiger partial charge in [0, 0.05) is 19.3 Å². The van der Waals surface area contributed by atoms with Gasteiger partial charge in [0.2, 0.25) is 0 Å². The molecule has 0 aliphatic heterocycles. The lowest BCUT2D eigenvalue weighted by Gasteiger charge is -2.32. The predicted molar refractivity (Wildman–Crippen MR) is 436 cm³/mol. The Morgan fingerprint density at radius 2 is 0.376 bits per heavy atom. The van der Waals surface area contributed by atoms with Crippen LogP contribution in [0.5, 0.6) is 0 Å². The predicted octanol–water partition coefficient (Wildman–Crippen LogP) is 31.2. The number of hydrogen-bond donors (Lipinski definition) is 0. The number of unbranched alkanes of at least 4 members (excludes halogenated alkanes) is 54. The first-order valence-electron chi connectivity index (χ1n) is 46.5. The molecule has 8 heteroatoms. The topological polar surface area (TPSA) is 105 Å². The minimum atomic E-state index is -1.27. The number of carbonyl (C=O) groups is 4. The van der Waals surface area contributed by atoms with Gasteiger partial charge >= 0.3 is 23.9 Å². The molecule has 598 valence electrons. The lowest BCUT2D eigenvalue weighted by molar-refractivity contribution is -0.171. The minimum Gasteiger partial charge on any atom is -0.465 e. The van der Waals surface area contributed by atoms with E-state index < -0.39 is 5.41 Å². The zero-order valence-corrected chi connectivity index (χ0v) is 68.7. The third-order valence-corrected chi connectivity index (χ3v) is 22.7. The van der Waals surface area contributed by atoms with Gasteiger partial charge in [0.1, 0.15) is 25.9 Å². The number of ether oxygens (including phenoxy) is 4. The third kappa shape index (κ3) is 73.2. The van der Waals surface area contributed by atoms with Crippen LogP contribution in [0.3, 0.4) is 0 Å². The van der Waals surface area contributed by atoms with Crippen LogP contribution in [0.4, 0.5) is 0 Å². The molecule has 0 unspecified atom stereocenters. The monoisotopic (exact) mass is 1420 g/mol. The van der Waals surface area contributed by atoms with E-state index >= 15 is 0 Å².